The zero-order chi connectivity index (χ0) is 25.8. The van der Waals surface area contributed by atoms with Gasteiger partial charge < -0.3 is 14.8 Å². The molecule has 0 bridgehead atoms. The molecule has 36 heavy (non-hydrogen) atoms. The Hall–Kier alpha value is -4.39. The average Bonchev–Trinajstić information content (AvgIpc) is 2.91. The van der Waals surface area contributed by atoms with Crippen LogP contribution in [0.3, 0.4) is 0 Å². The third-order valence-corrected chi connectivity index (χ3v) is 5.10. The fourth-order valence-corrected chi connectivity index (χ4v) is 3.21. The first-order valence-electron chi connectivity index (χ1n) is 11.9. The van der Waals surface area contributed by atoms with Crippen LogP contribution in [0.15, 0.2) is 89.7 Å². The molecule has 186 valence electrons. The summed E-state index contributed by atoms with van der Waals surface area (Å²) >= 11 is 0. The summed E-state index contributed by atoms with van der Waals surface area (Å²) in [5, 5.41) is 6.93. The first-order chi connectivity index (χ1) is 17.5. The van der Waals surface area contributed by atoms with Crippen molar-refractivity contribution in [1.29, 1.82) is 0 Å². The first-order valence-corrected chi connectivity index (χ1v) is 11.9. The molecule has 0 saturated heterocycles. The predicted octanol–water partition coefficient (Wildman–Crippen LogP) is 5.19. The lowest BCUT2D eigenvalue weighted by molar-refractivity contribution is -0.117. The summed E-state index contributed by atoms with van der Waals surface area (Å²) in [7, 11) is 0. The van der Waals surface area contributed by atoms with E-state index in [9.17, 15) is 9.59 Å². The van der Waals surface area contributed by atoms with E-state index < -0.39 is 11.8 Å². The van der Waals surface area contributed by atoms with Crippen molar-refractivity contribution < 1.29 is 19.1 Å². The number of nitrogens with one attached hydrogen (secondary N) is 2. The van der Waals surface area contributed by atoms with Gasteiger partial charge in [-0.2, -0.15) is 5.10 Å². The third-order valence-electron chi connectivity index (χ3n) is 5.10. The van der Waals surface area contributed by atoms with E-state index in [-0.39, 0.29) is 5.70 Å². The van der Waals surface area contributed by atoms with E-state index in [0.29, 0.717) is 24.5 Å². The van der Waals surface area contributed by atoms with Gasteiger partial charge in [0.15, 0.2) is 0 Å². The van der Waals surface area contributed by atoms with Gasteiger partial charge in [-0.3, -0.25) is 9.59 Å². The molecular formula is C29H31N3O4. The summed E-state index contributed by atoms with van der Waals surface area (Å²) in [6.45, 7) is 6.96. The van der Waals surface area contributed by atoms with E-state index in [1.807, 2.05) is 68.4 Å². The van der Waals surface area contributed by atoms with E-state index in [1.54, 1.807) is 37.3 Å². The average molecular weight is 486 g/mol. The van der Waals surface area contributed by atoms with Gasteiger partial charge in [0, 0.05) is 5.56 Å². The highest BCUT2D eigenvalue weighted by Gasteiger charge is 2.15. The number of benzene rings is 3. The number of carbonyl (C=O) groups is 2. The standard InChI is InChI=1S/C29H31N3O4/c1-4-19-36-26-15-11-22(12-16-26)20-27(30-28(33)24-9-7-6-8-10-24)29(34)32-31-21(3)23-13-17-25(18-14-23)35-5-2/h6-18,20H,4-5,19H2,1-3H3,(H,30,33)(H,32,34)/b27-20-,31-21+. The molecule has 0 unspecified atom stereocenters. The predicted molar refractivity (Wildman–Crippen MR) is 142 cm³/mol. The molecule has 0 aromatic heterocycles. The molecule has 2 N–H and O–H groups in total. The topological polar surface area (TPSA) is 89.0 Å². The van der Waals surface area contributed by atoms with Gasteiger partial charge in [0.2, 0.25) is 0 Å². The van der Waals surface area contributed by atoms with Crippen molar-refractivity contribution in [3.05, 3.63) is 101 Å². The van der Waals surface area contributed by atoms with Crippen LogP contribution < -0.4 is 20.2 Å². The molecule has 0 radical (unpaired) electrons. The van der Waals surface area contributed by atoms with Crippen molar-refractivity contribution in [2.45, 2.75) is 27.2 Å². The lowest BCUT2D eigenvalue weighted by Gasteiger charge is -2.10. The molecule has 0 aliphatic rings. The fourth-order valence-electron chi connectivity index (χ4n) is 3.21. The van der Waals surface area contributed by atoms with E-state index in [2.05, 4.69) is 15.8 Å². The third kappa shape index (κ3) is 7.84. The minimum absolute atomic E-state index is 0.0642. The van der Waals surface area contributed by atoms with Crippen LogP contribution in [0.25, 0.3) is 6.08 Å². The number of nitrogens with zero attached hydrogens (tertiary/aromatic N) is 1. The summed E-state index contributed by atoms with van der Waals surface area (Å²) in [6, 6.07) is 23.4. The molecule has 2 amide bonds. The number of rotatable bonds is 11. The Morgan fingerprint density at radius 3 is 2.11 bits per heavy atom. The molecule has 3 aromatic carbocycles. The molecule has 0 atom stereocenters. The van der Waals surface area contributed by atoms with Crippen molar-refractivity contribution >= 4 is 23.6 Å². The quantitative estimate of drug-likeness (QED) is 0.222. The minimum atomic E-state index is -0.545. The molecule has 0 saturated carbocycles. The zero-order valence-electron chi connectivity index (χ0n) is 20.8. The molecule has 3 rings (SSSR count). The van der Waals surface area contributed by atoms with Crippen LogP contribution in [0.5, 0.6) is 11.5 Å². The Morgan fingerprint density at radius 2 is 1.47 bits per heavy atom. The smallest absolute Gasteiger partial charge is 0.287 e. The number of ether oxygens (including phenoxy) is 2. The van der Waals surface area contributed by atoms with Crippen LogP contribution in [0.1, 0.15) is 48.7 Å². The first kappa shape index (κ1) is 26.2. The highest BCUT2D eigenvalue weighted by atomic mass is 16.5. The second-order valence-corrected chi connectivity index (χ2v) is 7.89. The maximum Gasteiger partial charge on any atom is 0.287 e. The molecule has 0 heterocycles. The highest BCUT2D eigenvalue weighted by molar-refractivity contribution is 6.06. The van der Waals surface area contributed by atoms with Crippen molar-refractivity contribution in [3.63, 3.8) is 0 Å². The molecule has 0 spiro atoms. The summed E-state index contributed by atoms with van der Waals surface area (Å²) in [6.07, 6.45) is 2.51. The lowest BCUT2D eigenvalue weighted by Crippen LogP contribution is -2.33. The van der Waals surface area contributed by atoms with E-state index in [4.69, 9.17) is 9.47 Å². The van der Waals surface area contributed by atoms with E-state index in [1.165, 1.54) is 0 Å². The molecule has 7 heteroatoms. The summed E-state index contributed by atoms with van der Waals surface area (Å²) in [5.74, 6) is 0.560. The Balaban J connectivity index is 1.79. The summed E-state index contributed by atoms with van der Waals surface area (Å²) in [5.41, 5.74) is 5.22. The van der Waals surface area contributed by atoms with Crippen molar-refractivity contribution in [1.82, 2.24) is 10.7 Å². The van der Waals surface area contributed by atoms with Crippen molar-refractivity contribution in [3.8, 4) is 11.5 Å². The number of carbonyl (C=O) groups excluding carboxylic acids is 2. The Kier molecular flexibility index (Phi) is 9.82. The molecule has 7 nitrogen and oxygen atoms in total. The second-order valence-electron chi connectivity index (χ2n) is 7.89. The van der Waals surface area contributed by atoms with Crippen LogP contribution in [-0.2, 0) is 4.79 Å². The van der Waals surface area contributed by atoms with Gasteiger partial charge in [-0.15, -0.1) is 0 Å². The normalized spacial score (nSPS) is 11.5. The highest BCUT2D eigenvalue weighted by Crippen LogP contribution is 2.15. The Bertz CT molecular complexity index is 1200. The lowest BCUT2D eigenvalue weighted by atomic mass is 10.1. The van der Waals surface area contributed by atoms with Gasteiger partial charge in [0.1, 0.15) is 17.2 Å². The molecule has 0 aliphatic heterocycles. The van der Waals surface area contributed by atoms with Gasteiger partial charge in [0.05, 0.1) is 18.9 Å². The van der Waals surface area contributed by atoms with Gasteiger partial charge in [-0.25, -0.2) is 5.43 Å². The molecule has 0 aliphatic carbocycles. The minimum Gasteiger partial charge on any atom is -0.494 e. The second kappa shape index (κ2) is 13.5. The Labute approximate surface area is 211 Å². The monoisotopic (exact) mass is 485 g/mol. The fraction of sp³-hybridized carbons (Fsp3) is 0.207. The maximum atomic E-state index is 13.1. The maximum absolute atomic E-state index is 13.1. The number of hydrogen-bond acceptors (Lipinski definition) is 5. The molecular weight excluding hydrogens is 454 g/mol. The number of amides is 2. The van der Waals surface area contributed by atoms with E-state index in [0.717, 1.165) is 29.0 Å². The van der Waals surface area contributed by atoms with Crippen LogP contribution in [0.2, 0.25) is 0 Å². The van der Waals surface area contributed by atoms with Crippen molar-refractivity contribution in [2.24, 2.45) is 5.10 Å². The van der Waals surface area contributed by atoms with Gasteiger partial charge in [-0.1, -0.05) is 37.3 Å². The largest absolute Gasteiger partial charge is 0.494 e. The van der Waals surface area contributed by atoms with Crippen LogP contribution in [-0.4, -0.2) is 30.7 Å². The Morgan fingerprint density at radius 1 is 0.833 bits per heavy atom. The van der Waals surface area contributed by atoms with Gasteiger partial charge in [-0.05, 0) is 86.0 Å². The SMILES string of the molecule is CCCOc1ccc(/C=C(\NC(=O)c2ccccc2)C(=O)N/N=C(\C)c2ccc(OCC)cc2)cc1. The van der Waals surface area contributed by atoms with Gasteiger partial charge in [0.25, 0.3) is 11.8 Å². The number of hydrogen-bond donors (Lipinski definition) is 2. The van der Waals surface area contributed by atoms with Crippen LogP contribution >= 0.6 is 0 Å². The van der Waals surface area contributed by atoms with Crippen LogP contribution in [0.4, 0.5) is 0 Å². The molecule has 0 fully saturated rings. The number of hydrazone groups is 1. The summed E-state index contributed by atoms with van der Waals surface area (Å²) < 4.78 is 11.1. The van der Waals surface area contributed by atoms with Crippen LogP contribution in [0, 0.1) is 0 Å². The van der Waals surface area contributed by atoms with E-state index >= 15 is 0 Å². The molecule has 3 aromatic rings. The van der Waals surface area contributed by atoms with Gasteiger partial charge >= 0.3 is 0 Å². The zero-order valence-corrected chi connectivity index (χ0v) is 20.8. The van der Waals surface area contributed by atoms with Crippen molar-refractivity contribution in [2.75, 3.05) is 13.2 Å². The summed E-state index contributed by atoms with van der Waals surface area (Å²) in [4.78, 5) is 25.8.